The van der Waals surface area contributed by atoms with Crippen LogP contribution in [0.25, 0.3) is 0 Å². The number of rotatable bonds is 8. The molecule has 4 rings (SSSR count). The molecule has 0 aliphatic carbocycles. The first-order valence-corrected chi connectivity index (χ1v) is 13.5. The molecule has 196 valence electrons. The Labute approximate surface area is 223 Å². The lowest BCUT2D eigenvalue weighted by atomic mass is 9.92. The Morgan fingerprint density at radius 1 is 1.03 bits per heavy atom. The maximum Gasteiger partial charge on any atom is 0.307 e. The first-order valence-electron chi connectivity index (χ1n) is 12.7. The van der Waals surface area contributed by atoms with Crippen LogP contribution in [0.3, 0.4) is 0 Å². The summed E-state index contributed by atoms with van der Waals surface area (Å²) < 4.78 is 24.6. The molecule has 0 aromatic heterocycles. The van der Waals surface area contributed by atoms with E-state index in [0.717, 1.165) is 75.3 Å². The minimum atomic E-state index is -0.268. The highest BCUT2D eigenvalue weighted by atomic mass is 35.5. The van der Waals surface area contributed by atoms with Crippen molar-refractivity contribution in [1.29, 1.82) is 0 Å². The molecule has 36 heavy (non-hydrogen) atoms. The third-order valence-electron chi connectivity index (χ3n) is 7.57. The quantitative estimate of drug-likeness (QED) is 0.370. The molecule has 0 N–H and O–H groups in total. The Balaban J connectivity index is 1.25. The molecule has 8 heteroatoms. The number of carbonyl (C=O) groups is 1. The summed E-state index contributed by atoms with van der Waals surface area (Å²) in [6.07, 6.45) is 4.61. The smallest absolute Gasteiger partial charge is 0.307 e. The molecule has 0 radical (unpaired) electrons. The third kappa shape index (κ3) is 6.91. The number of methoxy groups -OCH3 is 1. The van der Waals surface area contributed by atoms with Gasteiger partial charge in [-0.1, -0.05) is 35.3 Å². The van der Waals surface area contributed by atoms with Crippen molar-refractivity contribution < 1.29 is 18.7 Å². The van der Waals surface area contributed by atoms with E-state index >= 15 is 0 Å². The van der Waals surface area contributed by atoms with Crippen LogP contribution in [0.1, 0.15) is 49.3 Å². The predicted molar refractivity (Wildman–Crippen MR) is 141 cm³/mol. The number of likely N-dealkylation sites (tertiary alicyclic amines) is 2. The van der Waals surface area contributed by atoms with E-state index in [1.807, 2.05) is 13.0 Å². The SMILES string of the molecule is COC(=O)C[C@@H](c1ccc(F)cc1)N1CCC(CN2CCC(Oc3ccc(Cl)c(Cl)c3C)CC2)CC1. The Bertz CT molecular complexity index is 1020. The summed E-state index contributed by atoms with van der Waals surface area (Å²) in [5.41, 5.74) is 1.85. The zero-order valence-electron chi connectivity index (χ0n) is 21.0. The Hall–Kier alpha value is -1.86. The van der Waals surface area contributed by atoms with Crippen LogP contribution in [0.4, 0.5) is 4.39 Å². The average Bonchev–Trinajstić information content (AvgIpc) is 2.89. The van der Waals surface area contributed by atoms with Crippen molar-refractivity contribution in [3.05, 3.63) is 63.4 Å². The van der Waals surface area contributed by atoms with Gasteiger partial charge < -0.3 is 14.4 Å². The number of carbonyl (C=O) groups excluding carboxylic acids is 1. The lowest BCUT2D eigenvalue weighted by molar-refractivity contribution is -0.142. The molecule has 2 saturated heterocycles. The Morgan fingerprint density at radius 3 is 2.33 bits per heavy atom. The van der Waals surface area contributed by atoms with E-state index in [2.05, 4.69) is 9.80 Å². The van der Waals surface area contributed by atoms with Gasteiger partial charge in [-0.2, -0.15) is 0 Å². The largest absolute Gasteiger partial charge is 0.490 e. The van der Waals surface area contributed by atoms with Gasteiger partial charge in [0.15, 0.2) is 0 Å². The minimum Gasteiger partial charge on any atom is -0.490 e. The van der Waals surface area contributed by atoms with Crippen molar-refractivity contribution >= 4 is 29.2 Å². The van der Waals surface area contributed by atoms with E-state index < -0.39 is 0 Å². The molecular formula is C28H35Cl2FN2O3. The van der Waals surface area contributed by atoms with Crippen molar-refractivity contribution in [2.75, 3.05) is 39.8 Å². The van der Waals surface area contributed by atoms with Crippen LogP contribution in [0, 0.1) is 18.7 Å². The van der Waals surface area contributed by atoms with Crippen molar-refractivity contribution in [3.8, 4) is 5.75 Å². The molecule has 2 aromatic rings. The summed E-state index contributed by atoms with van der Waals surface area (Å²) in [4.78, 5) is 17.0. The summed E-state index contributed by atoms with van der Waals surface area (Å²) in [5, 5.41) is 1.11. The maximum atomic E-state index is 13.4. The molecule has 2 heterocycles. The Morgan fingerprint density at radius 2 is 1.69 bits per heavy atom. The molecule has 5 nitrogen and oxygen atoms in total. The van der Waals surface area contributed by atoms with Crippen molar-refractivity contribution in [2.24, 2.45) is 5.92 Å². The van der Waals surface area contributed by atoms with Gasteiger partial charge in [0, 0.05) is 31.2 Å². The van der Waals surface area contributed by atoms with Gasteiger partial charge in [-0.3, -0.25) is 9.69 Å². The number of piperidine rings is 2. The first-order chi connectivity index (χ1) is 17.3. The topological polar surface area (TPSA) is 42.0 Å². The van der Waals surface area contributed by atoms with Crippen LogP contribution >= 0.6 is 23.2 Å². The van der Waals surface area contributed by atoms with Crippen LogP contribution in [0.5, 0.6) is 5.75 Å². The number of benzene rings is 2. The lowest BCUT2D eigenvalue weighted by Gasteiger charge is -2.40. The van der Waals surface area contributed by atoms with Gasteiger partial charge in [0.2, 0.25) is 0 Å². The van der Waals surface area contributed by atoms with Crippen LogP contribution in [-0.2, 0) is 9.53 Å². The molecule has 0 spiro atoms. The van der Waals surface area contributed by atoms with Crippen LogP contribution < -0.4 is 4.74 Å². The highest BCUT2D eigenvalue weighted by Crippen LogP contribution is 2.34. The van der Waals surface area contributed by atoms with E-state index in [0.29, 0.717) is 16.0 Å². The number of nitrogens with zero attached hydrogens (tertiary/aromatic N) is 2. The van der Waals surface area contributed by atoms with Crippen molar-refractivity contribution in [2.45, 2.75) is 51.2 Å². The van der Waals surface area contributed by atoms with Gasteiger partial charge in [0.25, 0.3) is 0 Å². The fourth-order valence-corrected chi connectivity index (χ4v) is 5.71. The molecule has 2 fully saturated rings. The summed E-state index contributed by atoms with van der Waals surface area (Å²) in [5.74, 6) is 0.934. The number of ether oxygens (including phenoxy) is 2. The summed E-state index contributed by atoms with van der Waals surface area (Å²) >= 11 is 12.4. The third-order valence-corrected chi connectivity index (χ3v) is 8.47. The van der Waals surface area contributed by atoms with E-state index in [9.17, 15) is 9.18 Å². The summed E-state index contributed by atoms with van der Waals surface area (Å²) in [6.45, 7) is 6.90. The molecule has 0 bridgehead atoms. The molecule has 1 atom stereocenters. The van der Waals surface area contributed by atoms with Crippen LogP contribution in [0.2, 0.25) is 10.0 Å². The lowest BCUT2D eigenvalue weighted by Crippen LogP contribution is -2.44. The number of hydrogen-bond acceptors (Lipinski definition) is 5. The highest BCUT2D eigenvalue weighted by molar-refractivity contribution is 6.42. The Kier molecular flexibility index (Phi) is 9.51. The van der Waals surface area contributed by atoms with E-state index in [1.165, 1.54) is 19.2 Å². The summed E-state index contributed by atoms with van der Waals surface area (Å²) in [7, 11) is 1.41. The standard InChI is InChI=1S/C28H35Cl2FN2O3/c1-19-26(8-7-24(29)28(19)30)36-23-11-13-32(14-12-23)18-20-9-15-33(16-10-20)25(17-27(34)35-2)21-3-5-22(31)6-4-21/h3-8,20,23,25H,9-18H2,1-2H3/t25-/m0/s1. The second-order valence-electron chi connectivity index (χ2n) is 9.93. The predicted octanol–water partition coefficient (Wildman–Crippen LogP) is 6.30. The van der Waals surface area contributed by atoms with Crippen molar-refractivity contribution in [3.63, 3.8) is 0 Å². The monoisotopic (exact) mass is 536 g/mol. The second-order valence-corrected chi connectivity index (χ2v) is 10.7. The van der Waals surface area contributed by atoms with Gasteiger partial charge in [-0.05, 0) is 81.4 Å². The molecule has 0 saturated carbocycles. The van der Waals surface area contributed by atoms with E-state index in [1.54, 1.807) is 18.2 Å². The maximum absolute atomic E-state index is 13.4. The van der Waals surface area contributed by atoms with Gasteiger partial charge >= 0.3 is 5.97 Å². The number of esters is 1. The fourth-order valence-electron chi connectivity index (χ4n) is 5.35. The van der Waals surface area contributed by atoms with E-state index in [4.69, 9.17) is 32.7 Å². The van der Waals surface area contributed by atoms with Crippen LogP contribution in [-0.4, -0.2) is 61.7 Å². The fraction of sp³-hybridized carbons (Fsp3) is 0.536. The molecule has 0 unspecified atom stereocenters. The van der Waals surface area contributed by atoms with Crippen molar-refractivity contribution in [1.82, 2.24) is 9.80 Å². The second kappa shape index (κ2) is 12.6. The summed E-state index contributed by atoms with van der Waals surface area (Å²) in [6, 6.07) is 10.1. The van der Waals surface area contributed by atoms with Crippen LogP contribution in [0.15, 0.2) is 36.4 Å². The molecule has 0 amide bonds. The average molecular weight is 538 g/mol. The zero-order chi connectivity index (χ0) is 25.7. The molecular weight excluding hydrogens is 502 g/mol. The number of hydrogen-bond donors (Lipinski definition) is 0. The van der Waals surface area contributed by atoms with Gasteiger partial charge in [0.1, 0.15) is 17.7 Å². The minimum absolute atomic E-state index is 0.0864. The first kappa shape index (κ1) is 27.2. The van der Waals surface area contributed by atoms with Gasteiger partial charge in [-0.25, -0.2) is 4.39 Å². The zero-order valence-corrected chi connectivity index (χ0v) is 22.5. The molecule has 2 aliphatic rings. The number of halogens is 3. The molecule has 2 aliphatic heterocycles. The van der Waals surface area contributed by atoms with E-state index in [-0.39, 0.29) is 30.4 Å². The molecule has 2 aromatic carbocycles. The highest BCUT2D eigenvalue weighted by Gasteiger charge is 2.30. The van der Waals surface area contributed by atoms with Gasteiger partial charge in [-0.15, -0.1) is 0 Å². The van der Waals surface area contributed by atoms with Gasteiger partial charge in [0.05, 0.1) is 23.6 Å². The normalized spacial score (nSPS) is 19.2.